The zero-order valence-electron chi connectivity index (χ0n) is 16.5. The van der Waals surface area contributed by atoms with Crippen molar-refractivity contribution in [1.82, 2.24) is 0 Å². The molecule has 0 aromatic heterocycles. The average molecular weight is 404 g/mol. The highest BCUT2D eigenvalue weighted by molar-refractivity contribution is 5.66. The van der Waals surface area contributed by atoms with Crippen LogP contribution in [0.25, 0.3) is 0 Å². The molecule has 10 nitrogen and oxygen atoms in total. The van der Waals surface area contributed by atoms with E-state index in [0.717, 1.165) is 0 Å². The lowest BCUT2D eigenvalue weighted by atomic mass is 10.1. The van der Waals surface area contributed by atoms with Crippen molar-refractivity contribution in [1.29, 1.82) is 0 Å². The maximum atomic E-state index is 10.8. The first kappa shape index (κ1) is 21.4. The smallest absolute Gasteiger partial charge is 0.303 e. The Morgan fingerprint density at radius 1 is 0.607 bits per heavy atom. The van der Waals surface area contributed by atoms with E-state index in [9.17, 15) is 9.59 Å². The molecule has 0 saturated carbocycles. The van der Waals surface area contributed by atoms with Gasteiger partial charge >= 0.3 is 11.9 Å². The van der Waals surface area contributed by atoms with Gasteiger partial charge in [-0.1, -0.05) is 0 Å². The lowest BCUT2D eigenvalue weighted by molar-refractivity contribution is -0.151. The summed E-state index contributed by atoms with van der Waals surface area (Å²) in [6.07, 6.45) is -1.15. The van der Waals surface area contributed by atoms with Gasteiger partial charge in [0.15, 0.2) is 12.2 Å². The minimum absolute atomic E-state index is 0.0411. The number of hydrogen-bond donors (Lipinski definition) is 0. The minimum Gasteiger partial charge on any atom is -0.457 e. The van der Waals surface area contributed by atoms with Crippen molar-refractivity contribution < 1.29 is 47.5 Å². The van der Waals surface area contributed by atoms with Gasteiger partial charge in [0.1, 0.15) is 36.6 Å². The summed E-state index contributed by atoms with van der Waals surface area (Å²) in [5.41, 5.74) is 0. The molecule has 0 aromatic rings. The van der Waals surface area contributed by atoms with Crippen LogP contribution in [0.1, 0.15) is 13.8 Å². The van der Waals surface area contributed by atoms with Gasteiger partial charge in [-0.2, -0.15) is 0 Å². The van der Waals surface area contributed by atoms with Crippen LogP contribution in [0, 0.1) is 0 Å². The summed E-state index contributed by atoms with van der Waals surface area (Å²) in [5, 5.41) is 0. The van der Waals surface area contributed by atoms with Crippen molar-refractivity contribution in [3.63, 3.8) is 0 Å². The number of rotatable bonds is 4. The maximum Gasteiger partial charge on any atom is 0.303 e. The Morgan fingerprint density at radius 3 is 1.18 bits per heavy atom. The van der Waals surface area contributed by atoms with Crippen LogP contribution in [0.4, 0.5) is 0 Å². The highest BCUT2D eigenvalue weighted by Gasteiger charge is 2.50. The summed E-state index contributed by atoms with van der Waals surface area (Å²) in [7, 11) is 3.25. The number of fused-ring (bicyclic) bond motifs is 2. The van der Waals surface area contributed by atoms with E-state index >= 15 is 0 Å². The van der Waals surface area contributed by atoms with Crippen molar-refractivity contribution in [2.45, 2.75) is 62.7 Å². The quantitative estimate of drug-likeness (QED) is 0.567. The first-order valence-electron chi connectivity index (χ1n) is 9.31. The fourth-order valence-electron chi connectivity index (χ4n) is 3.89. The van der Waals surface area contributed by atoms with Crippen molar-refractivity contribution in [2.75, 3.05) is 40.6 Å². The number of hydrogen-bond acceptors (Lipinski definition) is 10. The average Bonchev–Trinajstić information content (AvgIpc) is 3.38. The van der Waals surface area contributed by atoms with Gasteiger partial charge in [-0.3, -0.25) is 9.59 Å². The van der Waals surface area contributed by atoms with Crippen molar-refractivity contribution in [3.05, 3.63) is 0 Å². The Balaban J connectivity index is 0.000000161. The molecule has 160 valence electrons. The minimum atomic E-state index is -0.302. The second-order valence-electron chi connectivity index (χ2n) is 7.04. The van der Waals surface area contributed by atoms with Crippen LogP contribution in [0.2, 0.25) is 0 Å². The van der Waals surface area contributed by atoms with E-state index in [1.165, 1.54) is 13.8 Å². The SMILES string of the molecule is CO[C@@H]1CO[C@H]2[C@@H]1OC[C@H]2OC(C)=O.CO[C@H]1CO[C@H]2[C@@H]1OC[C@@H]2OC(C)=O. The van der Waals surface area contributed by atoms with Crippen LogP contribution in [0.5, 0.6) is 0 Å². The molecule has 0 radical (unpaired) electrons. The number of methoxy groups -OCH3 is 2. The summed E-state index contributed by atoms with van der Waals surface area (Å²) in [6.45, 7) is 4.57. The lowest BCUT2D eigenvalue weighted by Crippen LogP contribution is -2.34. The van der Waals surface area contributed by atoms with Gasteiger partial charge in [0, 0.05) is 28.1 Å². The Kier molecular flexibility index (Phi) is 7.24. The number of carbonyl (C=O) groups excluding carboxylic acids is 2. The van der Waals surface area contributed by atoms with Crippen molar-refractivity contribution >= 4 is 11.9 Å². The molecular weight excluding hydrogens is 376 g/mol. The van der Waals surface area contributed by atoms with Crippen LogP contribution >= 0.6 is 0 Å². The molecule has 4 fully saturated rings. The molecule has 4 heterocycles. The fraction of sp³-hybridized carbons (Fsp3) is 0.889. The first-order valence-corrected chi connectivity index (χ1v) is 9.31. The van der Waals surface area contributed by atoms with Gasteiger partial charge < -0.3 is 37.9 Å². The molecule has 0 N–H and O–H groups in total. The highest BCUT2D eigenvalue weighted by Crippen LogP contribution is 2.31. The van der Waals surface area contributed by atoms with E-state index in [1.54, 1.807) is 14.2 Å². The van der Waals surface area contributed by atoms with Crippen LogP contribution in [-0.4, -0.2) is 101 Å². The molecule has 0 aromatic carbocycles. The monoisotopic (exact) mass is 404 g/mol. The molecule has 0 spiro atoms. The van der Waals surface area contributed by atoms with Crippen LogP contribution in [0.3, 0.4) is 0 Å². The summed E-state index contributed by atoms with van der Waals surface area (Å²) < 4.78 is 42.4. The molecule has 0 amide bonds. The third kappa shape index (κ3) is 4.64. The van der Waals surface area contributed by atoms with Crippen LogP contribution in [0.15, 0.2) is 0 Å². The van der Waals surface area contributed by atoms with Gasteiger partial charge in [-0.15, -0.1) is 0 Å². The van der Waals surface area contributed by atoms with Gasteiger partial charge in [-0.25, -0.2) is 0 Å². The molecule has 4 rings (SSSR count). The predicted octanol–water partition coefficient (Wildman–Crippen LogP) is -0.539. The molecule has 4 saturated heterocycles. The van der Waals surface area contributed by atoms with E-state index in [1.807, 2.05) is 0 Å². The fourth-order valence-corrected chi connectivity index (χ4v) is 3.89. The van der Waals surface area contributed by atoms with Crippen molar-refractivity contribution in [2.24, 2.45) is 0 Å². The predicted molar refractivity (Wildman–Crippen MR) is 91.7 cm³/mol. The number of esters is 2. The molecule has 0 aliphatic carbocycles. The molecular formula is C18H28O10. The second-order valence-corrected chi connectivity index (χ2v) is 7.04. The van der Waals surface area contributed by atoms with E-state index in [4.69, 9.17) is 37.9 Å². The number of carbonyl (C=O) groups is 2. The third-order valence-corrected chi connectivity index (χ3v) is 5.17. The normalized spacial score (nSPS) is 41.0. The summed E-state index contributed by atoms with van der Waals surface area (Å²) in [5.74, 6) is -0.604. The van der Waals surface area contributed by atoms with E-state index in [0.29, 0.717) is 26.4 Å². The van der Waals surface area contributed by atoms with Crippen LogP contribution < -0.4 is 0 Å². The molecule has 4 aliphatic heterocycles. The Hall–Kier alpha value is -1.30. The summed E-state index contributed by atoms with van der Waals surface area (Å²) >= 11 is 0. The lowest BCUT2D eigenvalue weighted by Gasteiger charge is -2.15. The van der Waals surface area contributed by atoms with Crippen molar-refractivity contribution in [3.8, 4) is 0 Å². The second kappa shape index (κ2) is 9.47. The van der Waals surface area contributed by atoms with E-state index < -0.39 is 0 Å². The van der Waals surface area contributed by atoms with Gasteiger partial charge in [0.05, 0.1) is 26.4 Å². The zero-order valence-corrected chi connectivity index (χ0v) is 16.5. The maximum absolute atomic E-state index is 10.8. The highest BCUT2D eigenvalue weighted by atomic mass is 16.7. The summed E-state index contributed by atoms with van der Waals surface area (Å²) in [6, 6.07) is 0. The van der Waals surface area contributed by atoms with E-state index in [-0.39, 0.29) is 60.8 Å². The molecule has 10 heteroatoms. The molecule has 8 atom stereocenters. The molecule has 0 bridgehead atoms. The zero-order chi connectivity index (χ0) is 20.3. The third-order valence-electron chi connectivity index (χ3n) is 5.17. The largest absolute Gasteiger partial charge is 0.457 e. The number of ether oxygens (including phenoxy) is 8. The van der Waals surface area contributed by atoms with Gasteiger partial charge in [0.25, 0.3) is 0 Å². The molecule has 4 aliphatic rings. The first-order chi connectivity index (χ1) is 13.4. The molecule has 0 unspecified atom stereocenters. The van der Waals surface area contributed by atoms with E-state index in [2.05, 4.69) is 0 Å². The van der Waals surface area contributed by atoms with Gasteiger partial charge in [0.2, 0.25) is 0 Å². The Bertz CT molecular complexity index is 506. The topological polar surface area (TPSA) is 108 Å². The van der Waals surface area contributed by atoms with Crippen LogP contribution in [-0.2, 0) is 47.5 Å². The Labute approximate surface area is 163 Å². The standard InChI is InChI=1S/2C9H14O5/c2*1-5(10)14-7-4-13-8-6(11-2)3-12-9(7)8/h2*6-9H,3-4H2,1-2H3/t6-,7-,8+,9+;6-,7-,8-,9-/m01/s1. The molecule has 28 heavy (non-hydrogen) atoms. The summed E-state index contributed by atoms with van der Waals surface area (Å²) in [4.78, 5) is 21.5. The Morgan fingerprint density at radius 2 is 0.893 bits per heavy atom. The van der Waals surface area contributed by atoms with Gasteiger partial charge in [-0.05, 0) is 0 Å².